The van der Waals surface area contributed by atoms with E-state index in [1.165, 1.54) is 12.1 Å². The Kier molecular flexibility index (Phi) is 3.53. The molecule has 1 aromatic carbocycles. The molecular formula is C8H6ClFN2O2. The second kappa shape index (κ2) is 4.66. The van der Waals surface area contributed by atoms with Crippen molar-refractivity contribution in [3.05, 3.63) is 34.6 Å². The van der Waals surface area contributed by atoms with Crippen molar-refractivity contribution in [3.8, 4) is 0 Å². The first-order chi connectivity index (χ1) is 6.61. The van der Waals surface area contributed by atoms with Crippen LogP contribution in [-0.4, -0.2) is 11.2 Å². The summed E-state index contributed by atoms with van der Waals surface area (Å²) in [6.07, 6.45) is -1.39. The Morgan fingerprint density at radius 2 is 2.29 bits per heavy atom. The maximum atomic E-state index is 12.8. The quantitative estimate of drug-likeness (QED) is 0.772. The molecule has 14 heavy (non-hydrogen) atoms. The van der Waals surface area contributed by atoms with Crippen molar-refractivity contribution >= 4 is 17.7 Å². The van der Waals surface area contributed by atoms with Crippen molar-refractivity contribution in [3.63, 3.8) is 0 Å². The van der Waals surface area contributed by atoms with Gasteiger partial charge in [0.15, 0.2) is 0 Å². The molecule has 0 aromatic heterocycles. The van der Waals surface area contributed by atoms with E-state index in [9.17, 15) is 9.18 Å². The summed E-state index contributed by atoms with van der Waals surface area (Å²) in [7, 11) is 0. The Morgan fingerprint density at radius 3 is 2.93 bits per heavy atom. The summed E-state index contributed by atoms with van der Waals surface area (Å²) < 4.78 is 12.8. The monoisotopic (exact) mass is 216 g/mol. The van der Waals surface area contributed by atoms with Gasteiger partial charge in [-0.15, -0.1) is 0 Å². The SMILES string of the molecule is O=C(O)N=NCc1cccc(F)c1Cl. The molecule has 4 nitrogen and oxygen atoms in total. The normalized spacial score (nSPS) is 10.7. The highest BCUT2D eigenvalue weighted by molar-refractivity contribution is 6.31. The molecule has 0 radical (unpaired) electrons. The first-order valence-corrected chi connectivity index (χ1v) is 4.02. The fraction of sp³-hybridized carbons (Fsp3) is 0.125. The second-order valence-corrected chi connectivity index (χ2v) is 2.77. The molecule has 0 fully saturated rings. The summed E-state index contributed by atoms with van der Waals surface area (Å²) in [5.74, 6) is -0.560. The summed E-state index contributed by atoms with van der Waals surface area (Å²) >= 11 is 5.58. The smallest absolute Gasteiger partial charge is 0.449 e. The lowest BCUT2D eigenvalue weighted by Gasteiger charge is -1.99. The number of rotatable bonds is 2. The van der Waals surface area contributed by atoms with E-state index in [1.54, 1.807) is 6.07 Å². The Labute approximate surface area is 84.0 Å². The van der Waals surface area contributed by atoms with Crippen LogP contribution in [0.4, 0.5) is 9.18 Å². The zero-order valence-corrected chi connectivity index (χ0v) is 7.70. The molecule has 1 rings (SSSR count). The number of halogens is 2. The average molecular weight is 217 g/mol. The standard InChI is InChI=1S/C8H6ClFN2O2/c9-7-5(2-1-3-6(7)10)4-11-12-8(13)14/h1-3H,4H2,(H,13,14). The third-order valence-electron chi connectivity index (χ3n) is 1.43. The molecular weight excluding hydrogens is 211 g/mol. The van der Waals surface area contributed by atoms with Gasteiger partial charge in [0.05, 0.1) is 11.6 Å². The first kappa shape index (κ1) is 10.6. The number of benzene rings is 1. The van der Waals surface area contributed by atoms with E-state index >= 15 is 0 Å². The molecule has 74 valence electrons. The van der Waals surface area contributed by atoms with Crippen LogP contribution < -0.4 is 0 Å². The van der Waals surface area contributed by atoms with Crippen molar-refractivity contribution in [2.24, 2.45) is 10.2 Å². The van der Waals surface area contributed by atoms with Gasteiger partial charge in [0.1, 0.15) is 5.82 Å². The molecule has 0 aliphatic rings. The molecule has 0 aliphatic heterocycles. The number of amides is 1. The minimum absolute atomic E-state index is 0.0527. The van der Waals surface area contributed by atoms with Crippen LogP contribution in [0.15, 0.2) is 28.4 Å². The number of hydrogen-bond donors (Lipinski definition) is 1. The van der Waals surface area contributed by atoms with Gasteiger partial charge in [0.25, 0.3) is 0 Å². The van der Waals surface area contributed by atoms with Crippen molar-refractivity contribution in [1.29, 1.82) is 0 Å². The molecule has 0 spiro atoms. The number of carboxylic acid groups (broad SMARTS) is 1. The molecule has 0 atom stereocenters. The fourth-order valence-electron chi connectivity index (χ4n) is 0.843. The lowest BCUT2D eigenvalue weighted by molar-refractivity contribution is 0.203. The van der Waals surface area contributed by atoms with Gasteiger partial charge < -0.3 is 5.11 Å². The molecule has 0 bridgehead atoms. The average Bonchev–Trinajstić information content (AvgIpc) is 2.12. The van der Waals surface area contributed by atoms with E-state index in [0.29, 0.717) is 5.56 Å². The van der Waals surface area contributed by atoms with Crippen LogP contribution in [0, 0.1) is 5.82 Å². The predicted octanol–water partition coefficient (Wildman–Crippen LogP) is 3.11. The zero-order chi connectivity index (χ0) is 10.6. The van der Waals surface area contributed by atoms with Crippen LogP contribution in [0.25, 0.3) is 0 Å². The minimum atomic E-state index is -1.39. The van der Waals surface area contributed by atoms with Crippen LogP contribution in [0.3, 0.4) is 0 Å². The maximum absolute atomic E-state index is 12.8. The Morgan fingerprint density at radius 1 is 1.57 bits per heavy atom. The summed E-state index contributed by atoms with van der Waals surface area (Å²) in [6.45, 7) is -0.0527. The second-order valence-electron chi connectivity index (χ2n) is 2.40. The summed E-state index contributed by atoms with van der Waals surface area (Å²) in [5, 5.41) is 14.3. The van der Waals surface area contributed by atoms with Gasteiger partial charge in [-0.3, -0.25) is 0 Å². The third kappa shape index (κ3) is 2.77. The highest BCUT2D eigenvalue weighted by Crippen LogP contribution is 2.20. The van der Waals surface area contributed by atoms with Crippen molar-refractivity contribution in [2.45, 2.75) is 6.54 Å². The van der Waals surface area contributed by atoms with Gasteiger partial charge >= 0.3 is 6.09 Å². The van der Waals surface area contributed by atoms with Crippen LogP contribution in [0.2, 0.25) is 5.02 Å². The van der Waals surface area contributed by atoms with Gasteiger partial charge in [-0.05, 0) is 11.6 Å². The van der Waals surface area contributed by atoms with Crippen molar-refractivity contribution in [1.82, 2.24) is 0 Å². The molecule has 1 aromatic rings. The van der Waals surface area contributed by atoms with E-state index in [4.69, 9.17) is 16.7 Å². The topological polar surface area (TPSA) is 62.0 Å². The zero-order valence-electron chi connectivity index (χ0n) is 6.94. The van der Waals surface area contributed by atoms with E-state index in [1.807, 2.05) is 0 Å². The van der Waals surface area contributed by atoms with Crippen LogP contribution in [0.1, 0.15) is 5.56 Å². The van der Waals surface area contributed by atoms with Gasteiger partial charge in [0, 0.05) is 0 Å². The summed E-state index contributed by atoms with van der Waals surface area (Å²) in [6, 6.07) is 4.22. The lowest BCUT2D eigenvalue weighted by Crippen LogP contribution is -1.88. The third-order valence-corrected chi connectivity index (χ3v) is 1.85. The lowest BCUT2D eigenvalue weighted by atomic mass is 10.2. The number of azo groups is 1. The van der Waals surface area contributed by atoms with Gasteiger partial charge in [-0.25, -0.2) is 9.18 Å². The van der Waals surface area contributed by atoms with E-state index in [-0.39, 0.29) is 11.6 Å². The first-order valence-electron chi connectivity index (χ1n) is 3.64. The molecule has 0 saturated carbocycles. The van der Waals surface area contributed by atoms with Gasteiger partial charge in [-0.1, -0.05) is 28.8 Å². The summed E-state index contributed by atoms with van der Waals surface area (Å²) in [4.78, 5) is 9.97. The molecule has 0 heterocycles. The number of nitrogens with zero attached hydrogens (tertiary/aromatic N) is 2. The molecule has 0 saturated heterocycles. The van der Waals surface area contributed by atoms with E-state index < -0.39 is 11.9 Å². The predicted molar refractivity (Wildman–Crippen MR) is 48.0 cm³/mol. The maximum Gasteiger partial charge on any atom is 0.449 e. The van der Waals surface area contributed by atoms with Crippen molar-refractivity contribution < 1.29 is 14.3 Å². The molecule has 6 heteroatoms. The Bertz CT molecular complexity index is 382. The van der Waals surface area contributed by atoms with Gasteiger partial charge in [-0.2, -0.15) is 5.11 Å². The van der Waals surface area contributed by atoms with Crippen molar-refractivity contribution in [2.75, 3.05) is 0 Å². The molecule has 0 aliphatic carbocycles. The number of carbonyl (C=O) groups is 1. The van der Waals surface area contributed by atoms with E-state index in [0.717, 1.165) is 0 Å². The fourth-order valence-corrected chi connectivity index (χ4v) is 1.03. The highest BCUT2D eigenvalue weighted by atomic mass is 35.5. The Hall–Kier alpha value is -1.49. The van der Waals surface area contributed by atoms with Crippen LogP contribution in [0.5, 0.6) is 0 Å². The highest BCUT2D eigenvalue weighted by Gasteiger charge is 2.04. The largest absolute Gasteiger partial charge is 0.462 e. The minimum Gasteiger partial charge on any atom is -0.462 e. The molecule has 1 N–H and O–H groups in total. The van der Waals surface area contributed by atoms with Crippen LogP contribution >= 0.6 is 11.6 Å². The summed E-state index contributed by atoms with van der Waals surface area (Å²) in [5.41, 5.74) is 0.400. The Balaban J connectivity index is 2.77. The van der Waals surface area contributed by atoms with Crippen LogP contribution in [-0.2, 0) is 6.54 Å². The number of hydrogen-bond acceptors (Lipinski definition) is 2. The van der Waals surface area contributed by atoms with Gasteiger partial charge in [0.2, 0.25) is 0 Å². The molecule has 0 unspecified atom stereocenters. The molecule has 1 amide bonds. The van der Waals surface area contributed by atoms with E-state index in [2.05, 4.69) is 10.2 Å².